The first kappa shape index (κ1) is 17.0. The third-order valence-corrected chi connectivity index (χ3v) is 3.23. The topological polar surface area (TPSA) is 132 Å². The molecule has 0 aliphatic carbocycles. The predicted molar refractivity (Wildman–Crippen MR) is 80.2 cm³/mol. The molecule has 7 nitrogen and oxygen atoms in total. The molecule has 0 saturated heterocycles. The van der Waals surface area contributed by atoms with Gasteiger partial charge >= 0.3 is 5.97 Å². The van der Waals surface area contributed by atoms with Gasteiger partial charge < -0.3 is 16.7 Å². The summed E-state index contributed by atoms with van der Waals surface area (Å²) in [5.41, 5.74) is 4.18. The van der Waals surface area contributed by atoms with Gasteiger partial charge in [-0.15, -0.1) is 0 Å². The molecular weight excluding hydrogens is 322 g/mol. The zero-order valence-corrected chi connectivity index (χ0v) is 12.1. The van der Waals surface area contributed by atoms with E-state index >= 15 is 0 Å². The minimum absolute atomic E-state index is 0.100. The van der Waals surface area contributed by atoms with Crippen LogP contribution in [0.25, 0.3) is 0 Å². The molecule has 2 rings (SSSR count). The number of aromatic nitrogens is 1. The number of carbonyl (C=O) groups excluding carboxylic acids is 1. The van der Waals surface area contributed by atoms with E-state index in [2.05, 4.69) is 10.1 Å². The van der Waals surface area contributed by atoms with E-state index in [1.54, 1.807) is 0 Å². The van der Waals surface area contributed by atoms with Gasteiger partial charge in [-0.1, -0.05) is 0 Å². The molecule has 9 heteroatoms. The van der Waals surface area contributed by atoms with Crippen LogP contribution in [-0.2, 0) is 4.79 Å². The lowest BCUT2D eigenvalue weighted by molar-refractivity contribution is -0.112. The number of pyridine rings is 1. The summed E-state index contributed by atoms with van der Waals surface area (Å²) in [4.78, 5) is 26.9. The molecule has 0 aliphatic rings. The minimum Gasteiger partial charge on any atom is -0.478 e. The van der Waals surface area contributed by atoms with Gasteiger partial charge in [-0.2, -0.15) is 5.10 Å². The predicted octanol–water partition coefficient (Wildman–Crippen LogP) is 0.990. The first-order valence-electron chi connectivity index (χ1n) is 6.57. The standard InChI is InChI=1S/C15H12F2N4O3/c16-8-4-7(5-9(17)6-8)11(13(21-19)14(18)22)12-10(15(23)24)2-1-3-20-12/h1-6,11H,19H2,(H2,18,22)(H,23,24). The van der Waals surface area contributed by atoms with Crippen LogP contribution in [0.15, 0.2) is 41.6 Å². The van der Waals surface area contributed by atoms with Crippen molar-refractivity contribution in [2.45, 2.75) is 5.92 Å². The number of hydrazone groups is 1. The van der Waals surface area contributed by atoms with Gasteiger partial charge in [0.05, 0.1) is 17.2 Å². The summed E-state index contributed by atoms with van der Waals surface area (Å²) in [5.74, 6) is -0.442. The van der Waals surface area contributed by atoms with Crippen LogP contribution >= 0.6 is 0 Å². The molecule has 1 atom stereocenters. The van der Waals surface area contributed by atoms with E-state index in [1.807, 2.05) is 0 Å². The molecule has 124 valence electrons. The molecule has 24 heavy (non-hydrogen) atoms. The highest BCUT2D eigenvalue weighted by Gasteiger charge is 2.30. The van der Waals surface area contributed by atoms with Crippen molar-refractivity contribution in [3.63, 3.8) is 0 Å². The maximum atomic E-state index is 13.6. The van der Waals surface area contributed by atoms with Crippen LogP contribution in [0.3, 0.4) is 0 Å². The van der Waals surface area contributed by atoms with Gasteiger partial charge in [0.15, 0.2) is 0 Å². The lowest BCUT2D eigenvalue weighted by Crippen LogP contribution is -2.32. The van der Waals surface area contributed by atoms with Crippen molar-refractivity contribution in [2.24, 2.45) is 16.7 Å². The fraction of sp³-hybridized carbons (Fsp3) is 0.0667. The Kier molecular flexibility index (Phi) is 4.83. The van der Waals surface area contributed by atoms with Crippen LogP contribution in [0.1, 0.15) is 27.5 Å². The van der Waals surface area contributed by atoms with Crippen LogP contribution in [0.4, 0.5) is 8.78 Å². The highest BCUT2D eigenvalue weighted by Crippen LogP contribution is 2.28. The second-order valence-corrected chi connectivity index (χ2v) is 4.76. The number of nitrogens with two attached hydrogens (primary N) is 2. The SMILES string of the molecule is NN=C(C(N)=O)C(c1cc(F)cc(F)c1)c1ncccc1C(=O)O. The number of amides is 1. The van der Waals surface area contributed by atoms with Crippen molar-refractivity contribution < 1.29 is 23.5 Å². The van der Waals surface area contributed by atoms with Gasteiger partial charge in [0.1, 0.15) is 17.3 Å². The third kappa shape index (κ3) is 3.35. The minimum atomic E-state index is -1.35. The molecule has 0 bridgehead atoms. The normalized spacial score (nSPS) is 12.7. The maximum Gasteiger partial charge on any atom is 0.337 e. The number of primary amides is 1. The van der Waals surface area contributed by atoms with Crippen molar-refractivity contribution >= 4 is 17.6 Å². The van der Waals surface area contributed by atoms with Gasteiger partial charge in [-0.05, 0) is 29.8 Å². The Labute approximate surface area is 134 Å². The van der Waals surface area contributed by atoms with E-state index in [0.717, 1.165) is 12.1 Å². The molecule has 0 radical (unpaired) electrons. The second kappa shape index (κ2) is 6.82. The second-order valence-electron chi connectivity index (χ2n) is 4.76. The molecule has 5 N–H and O–H groups in total. The number of carbonyl (C=O) groups is 2. The molecule has 0 spiro atoms. The van der Waals surface area contributed by atoms with Crippen molar-refractivity contribution in [1.82, 2.24) is 4.98 Å². The van der Waals surface area contributed by atoms with Crippen LogP contribution in [0.2, 0.25) is 0 Å². The number of aromatic carboxylic acids is 1. The summed E-state index contributed by atoms with van der Waals surface area (Å²) in [7, 11) is 0. The molecule has 0 saturated carbocycles. The van der Waals surface area contributed by atoms with Crippen molar-refractivity contribution in [3.05, 3.63) is 65.0 Å². The van der Waals surface area contributed by atoms with Crippen LogP contribution in [-0.4, -0.2) is 27.7 Å². The molecule has 2 aromatic rings. The number of hydrogen-bond donors (Lipinski definition) is 3. The molecule has 1 heterocycles. The van der Waals surface area contributed by atoms with E-state index in [1.165, 1.54) is 18.3 Å². The van der Waals surface area contributed by atoms with E-state index in [4.69, 9.17) is 11.6 Å². The number of halogens is 2. The van der Waals surface area contributed by atoms with E-state index < -0.39 is 35.1 Å². The zero-order valence-electron chi connectivity index (χ0n) is 12.1. The Morgan fingerprint density at radius 3 is 2.33 bits per heavy atom. The molecule has 1 aromatic heterocycles. The highest BCUT2D eigenvalue weighted by atomic mass is 19.1. The number of hydrogen-bond acceptors (Lipinski definition) is 5. The van der Waals surface area contributed by atoms with E-state index in [-0.39, 0.29) is 16.8 Å². The summed E-state index contributed by atoms with van der Waals surface area (Å²) in [6.45, 7) is 0. The number of rotatable bonds is 5. The lowest BCUT2D eigenvalue weighted by Gasteiger charge is -2.18. The summed E-state index contributed by atoms with van der Waals surface area (Å²) in [6.07, 6.45) is 1.26. The zero-order chi connectivity index (χ0) is 17.9. The fourth-order valence-corrected chi connectivity index (χ4v) is 2.30. The van der Waals surface area contributed by atoms with Gasteiger partial charge in [0, 0.05) is 12.3 Å². The number of nitrogens with zero attached hydrogens (tertiary/aromatic N) is 2. The Bertz CT molecular complexity index is 819. The molecule has 1 aromatic carbocycles. The van der Waals surface area contributed by atoms with Crippen molar-refractivity contribution in [3.8, 4) is 0 Å². The van der Waals surface area contributed by atoms with E-state index in [0.29, 0.717) is 6.07 Å². The van der Waals surface area contributed by atoms with Gasteiger partial charge in [-0.25, -0.2) is 13.6 Å². The molecule has 1 amide bonds. The average molecular weight is 334 g/mol. The van der Waals surface area contributed by atoms with Gasteiger partial charge in [-0.3, -0.25) is 9.78 Å². The quantitative estimate of drug-likeness (QED) is 0.426. The molecule has 0 fully saturated rings. The van der Waals surface area contributed by atoms with Crippen LogP contribution in [0.5, 0.6) is 0 Å². The summed E-state index contributed by atoms with van der Waals surface area (Å²) in [6, 6.07) is 5.05. The Hall–Kier alpha value is -3.36. The van der Waals surface area contributed by atoms with Gasteiger partial charge in [0.25, 0.3) is 5.91 Å². The maximum absolute atomic E-state index is 13.6. The molecule has 0 aliphatic heterocycles. The monoisotopic (exact) mass is 334 g/mol. The summed E-state index contributed by atoms with van der Waals surface area (Å²) < 4.78 is 27.1. The smallest absolute Gasteiger partial charge is 0.337 e. The largest absolute Gasteiger partial charge is 0.478 e. The highest BCUT2D eigenvalue weighted by molar-refractivity contribution is 6.41. The van der Waals surface area contributed by atoms with Crippen molar-refractivity contribution in [2.75, 3.05) is 0 Å². The third-order valence-electron chi connectivity index (χ3n) is 3.23. The number of carboxylic acids is 1. The first-order valence-corrected chi connectivity index (χ1v) is 6.57. The van der Waals surface area contributed by atoms with Gasteiger partial charge in [0.2, 0.25) is 0 Å². The molecule has 1 unspecified atom stereocenters. The Morgan fingerprint density at radius 1 is 1.21 bits per heavy atom. The average Bonchev–Trinajstić information content (AvgIpc) is 2.51. The Morgan fingerprint density at radius 2 is 1.83 bits per heavy atom. The lowest BCUT2D eigenvalue weighted by atomic mass is 9.87. The number of carboxylic acid groups (broad SMARTS) is 1. The van der Waals surface area contributed by atoms with Crippen LogP contribution < -0.4 is 11.6 Å². The first-order chi connectivity index (χ1) is 11.3. The number of benzene rings is 1. The summed E-state index contributed by atoms with van der Waals surface area (Å²) in [5, 5.41) is 12.6. The fourth-order valence-electron chi connectivity index (χ4n) is 2.30. The molecular formula is C15H12F2N4O3. The van der Waals surface area contributed by atoms with E-state index in [9.17, 15) is 23.5 Å². The van der Waals surface area contributed by atoms with Crippen molar-refractivity contribution in [1.29, 1.82) is 0 Å². The summed E-state index contributed by atoms with van der Waals surface area (Å²) >= 11 is 0. The van der Waals surface area contributed by atoms with Crippen LogP contribution in [0, 0.1) is 11.6 Å². The Balaban J connectivity index is 2.78.